The van der Waals surface area contributed by atoms with Crippen LogP contribution in [-0.2, 0) is 16.1 Å². The molecule has 2 aromatic rings. The van der Waals surface area contributed by atoms with E-state index in [0.717, 1.165) is 16.6 Å². The largest absolute Gasteiger partial charge is 0.468 e. The maximum absolute atomic E-state index is 11.3. The minimum atomic E-state index is -0.307. The Balaban J connectivity index is 2.58. The van der Waals surface area contributed by atoms with E-state index >= 15 is 0 Å². The number of rotatable bonds is 2. The van der Waals surface area contributed by atoms with Crippen LogP contribution in [0.15, 0.2) is 18.2 Å². The highest BCUT2D eigenvalue weighted by Crippen LogP contribution is 2.15. The number of hydrogen-bond acceptors (Lipinski definition) is 3. The molecule has 1 N–H and O–H groups in total. The number of benzene rings is 1. The van der Waals surface area contributed by atoms with Crippen molar-refractivity contribution in [2.45, 2.75) is 13.5 Å². The maximum Gasteiger partial charge on any atom is 0.325 e. The molecule has 0 radical (unpaired) electrons. The number of ether oxygens (including phenoxy) is 1. The number of hydrogen-bond donors (Lipinski definition) is 1. The highest BCUT2D eigenvalue weighted by molar-refractivity contribution is 7.71. The number of fused-ring (bicyclic) bond motifs is 1. The fraction of sp³-hybridized carbons (Fsp3) is 0.273. The fourth-order valence-electron chi connectivity index (χ4n) is 1.61. The standard InChI is InChI=1S/C11H12N2O2S/c1-7-3-4-8-9(5-7)13(11(16)12-8)6-10(14)15-2/h3-5H,6H2,1-2H3,(H,12,16). The first-order chi connectivity index (χ1) is 7.61. The van der Waals surface area contributed by atoms with Crippen LogP contribution in [0.25, 0.3) is 11.0 Å². The highest BCUT2D eigenvalue weighted by atomic mass is 32.1. The number of carbonyl (C=O) groups excluding carboxylic acids is 1. The second kappa shape index (κ2) is 4.09. The predicted octanol–water partition coefficient (Wildman–Crippen LogP) is 2.18. The van der Waals surface area contributed by atoms with Crippen molar-refractivity contribution in [2.75, 3.05) is 7.11 Å². The number of aromatic nitrogens is 2. The normalized spacial score (nSPS) is 10.6. The smallest absolute Gasteiger partial charge is 0.325 e. The molecule has 0 spiro atoms. The van der Waals surface area contributed by atoms with Crippen LogP contribution in [0.4, 0.5) is 0 Å². The molecule has 5 heteroatoms. The zero-order valence-electron chi connectivity index (χ0n) is 9.11. The second-order valence-corrected chi connectivity index (χ2v) is 4.00. The summed E-state index contributed by atoms with van der Waals surface area (Å²) in [5.41, 5.74) is 2.98. The van der Waals surface area contributed by atoms with Crippen LogP contribution < -0.4 is 0 Å². The van der Waals surface area contributed by atoms with Gasteiger partial charge in [-0.05, 0) is 36.8 Å². The summed E-state index contributed by atoms with van der Waals surface area (Å²) in [4.78, 5) is 14.3. The zero-order valence-corrected chi connectivity index (χ0v) is 9.93. The number of imidazole rings is 1. The number of aromatic amines is 1. The van der Waals surface area contributed by atoms with E-state index in [9.17, 15) is 4.79 Å². The molecule has 2 rings (SSSR count). The van der Waals surface area contributed by atoms with E-state index in [1.54, 1.807) is 4.57 Å². The van der Waals surface area contributed by atoms with E-state index in [0.29, 0.717) is 4.77 Å². The Bertz CT molecular complexity index is 598. The van der Waals surface area contributed by atoms with Crippen LogP contribution in [0.5, 0.6) is 0 Å². The third-order valence-electron chi connectivity index (χ3n) is 2.45. The maximum atomic E-state index is 11.3. The van der Waals surface area contributed by atoms with Gasteiger partial charge in [0, 0.05) is 0 Å². The van der Waals surface area contributed by atoms with Crippen molar-refractivity contribution >= 4 is 29.2 Å². The minimum absolute atomic E-state index is 0.138. The van der Waals surface area contributed by atoms with E-state index in [1.165, 1.54) is 7.11 Å². The molecule has 0 unspecified atom stereocenters. The van der Waals surface area contributed by atoms with Crippen molar-refractivity contribution in [1.82, 2.24) is 9.55 Å². The third kappa shape index (κ3) is 1.86. The number of methoxy groups -OCH3 is 1. The van der Waals surface area contributed by atoms with Crippen LogP contribution in [0.3, 0.4) is 0 Å². The van der Waals surface area contributed by atoms with Gasteiger partial charge in [0.1, 0.15) is 6.54 Å². The number of esters is 1. The summed E-state index contributed by atoms with van der Waals surface area (Å²) in [6.45, 7) is 2.14. The van der Waals surface area contributed by atoms with Crippen molar-refractivity contribution in [3.8, 4) is 0 Å². The molecule has 0 bridgehead atoms. The number of carbonyl (C=O) groups is 1. The fourth-order valence-corrected chi connectivity index (χ4v) is 1.89. The first-order valence-corrected chi connectivity index (χ1v) is 5.28. The van der Waals surface area contributed by atoms with E-state index in [1.807, 2.05) is 25.1 Å². The SMILES string of the molecule is COC(=O)Cn1c(=S)[nH]c2ccc(C)cc21. The van der Waals surface area contributed by atoms with Gasteiger partial charge in [-0.3, -0.25) is 4.79 Å². The summed E-state index contributed by atoms with van der Waals surface area (Å²) in [7, 11) is 1.37. The van der Waals surface area contributed by atoms with Crippen LogP contribution in [0.1, 0.15) is 5.56 Å². The number of H-pyrrole nitrogens is 1. The van der Waals surface area contributed by atoms with Crippen LogP contribution in [-0.4, -0.2) is 22.6 Å². The Labute approximate surface area is 97.8 Å². The third-order valence-corrected chi connectivity index (χ3v) is 2.77. The Kier molecular flexibility index (Phi) is 2.78. The van der Waals surface area contributed by atoms with Crippen LogP contribution in [0.2, 0.25) is 0 Å². The van der Waals surface area contributed by atoms with Crippen molar-refractivity contribution in [3.05, 3.63) is 28.5 Å². The summed E-state index contributed by atoms with van der Waals surface area (Å²) < 4.78 is 6.91. The van der Waals surface area contributed by atoms with E-state index in [4.69, 9.17) is 12.2 Å². The van der Waals surface area contributed by atoms with Crippen molar-refractivity contribution in [1.29, 1.82) is 0 Å². The summed E-state index contributed by atoms with van der Waals surface area (Å²) in [6, 6.07) is 5.94. The van der Waals surface area contributed by atoms with Crippen molar-refractivity contribution in [3.63, 3.8) is 0 Å². The molecule has 16 heavy (non-hydrogen) atoms. The summed E-state index contributed by atoms with van der Waals surface area (Å²) in [5.74, 6) is -0.307. The Morgan fingerprint density at radius 2 is 2.31 bits per heavy atom. The lowest BCUT2D eigenvalue weighted by Gasteiger charge is -2.02. The second-order valence-electron chi connectivity index (χ2n) is 3.61. The molecule has 0 aliphatic rings. The molecule has 4 nitrogen and oxygen atoms in total. The molecule has 84 valence electrons. The lowest BCUT2D eigenvalue weighted by molar-refractivity contribution is -0.141. The van der Waals surface area contributed by atoms with Gasteiger partial charge in [-0.1, -0.05) is 6.07 Å². The van der Waals surface area contributed by atoms with Gasteiger partial charge < -0.3 is 14.3 Å². The van der Waals surface area contributed by atoms with Gasteiger partial charge in [-0.2, -0.15) is 0 Å². The van der Waals surface area contributed by atoms with Gasteiger partial charge in [0.2, 0.25) is 0 Å². The number of nitrogens with one attached hydrogen (secondary N) is 1. The highest BCUT2D eigenvalue weighted by Gasteiger charge is 2.08. The molecule has 0 atom stereocenters. The van der Waals surface area contributed by atoms with Gasteiger partial charge in [0.05, 0.1) is 18.1 Å². The van der Waals surface area contributed by atoms with Gasteiger partial charge >= 0.3 is 5.97 Å². The predicted molar refractivity (Wildman–Crippen MR) is 63.9 cm³/mol. The number of aryl methyl sites for hydroxylation is 1. The van der Waals surface area contributed by atoms with Crippen LogP contribution >= 0.6 is 12.2 Å². The molecule has 0 saturated carbocycles. The molecule has 0 aliphatic carbocycles. The van der Waals surface area contributed by atoms with E-state index in [-0.39, 0.29) is 12.5 Å². The quantitative estimate of drug-likeness (QED) is 0.642. The van der Waals surface area contributed by atoms with Gasteiger partial charge in [-0.15, -0.1) is 0 Å². The van der Waals surface area contributed by atoms with E-state index < -0.39 is 0 Å². The van der Waals surface area contributed by atoms with Crippen molar-refractivity contribution < 1.29 is 9.53 Å². The van der Waals surface area contributed by atoms with Gasteiger partial charge in [-0.25, -0.2) is 0 Å². The molecule has 1 heterocycles. The lowest BCUT2D eigenvalue weighted by Crippen LogP contribution is -2.11. The summed E-state index contributed by atoms with van der Waals surface area (Å²) in [5, 5.41) is 0. The molecule has 0 saturated heterocycles. The molecule has 0 amide bonds. The average Bonchev–Trinajstić information content (AvgIpc) is 2.55. The molecule has 1 aromatic heterocycles. The lowest BCUT2D eigenvalue weighted by atomic mass is 10.2. The summed E-state index contributed by atoms with van der Waals surface area (Å²) in [6.07, 6.45) is 0. The molecular weight excluding hydrogens is 224 g/mol. The van der Waals surface area contributed by atoms with E-state index in [2.05, 4.69) is 9.72 Å². The molecule has 0 fully saturated rings. The number of nitrogens with zero attached hydrogens (tertiary/aromatic N) is 1. The Morgan fingerprint density at radius 1 is 1.56 bits per heavy atom. The van der Waals surface area contributed by atoms with Crippen LogP contribution in [0, 0.1) is 11.7 Å². The molecule has 1 aromatic carbocycles. The van der Waals surface area contributed by atoms with Crippen molar-refractivity contribution in [2.24, 2.45) is 0 Å². The Hall–Kier alpha value is -1.62. The summed E-state index contributed by atoms with van der Waals surface area (Å²) >= 11 is 5.16. The first-order valence-electron chi connectivity index (χ1n) is 4.88. The Morgan fingerprint density at radius 3 is 3.00 bits per heavy atom. The zero-order chi connectivity index (χ0) is 11.7. The topological polar surface area (TPSA) is 47.0 Å². The monoisotopic (exact) mass is 236 g/mol. The minimum Gasteiger partial charge on any atom is -0.468 e. The molecular formula is C11H12N2O2S. The van der Waals surface area contributed by atoms with Gasteiger partial charge in [0.25, 0.3) is 0 Å². The van der Waals surface area contributed by atoms with Gasteiger partial charge in [0.15, 0.2) is 4.77 Å². The molecule has 0 aliphatic heterocycles. The first kappa shape index (κ1) is 10.9. The average molecular weight is 236 g/mol.